The molecule has 1 aromatic heterocycles. The van der Waals surface area contributed by atoms with Crippen molar-refractivity contribution in [3.63, 3.8) is 0 Å². The number of nitrogens with zero attached hydrogens (tertiary/aromatic N) is 1. The molecule has 2 rings (SSSR count). The summed E-state index contributed by atoms with van der Waals surface area (Å²) in [7, 11) is 0. The first-order valence-electron chi connectivity index (χ1n) is 8.09. The van der Waals surface area contributed by atoms with Crippen LogP contribution in [0.3, 0.4) is 0 Å². The van der Waals surface area contributed by atoms with E-state index in [1.54, 1.807) is 6.26 Å². The summed E-state index contributed by atoms with van der Waals surface area (Å²) in [6, 6.07) is 7.75. The molecule has 2 aromatic rings. The Labute approximate surface area is 142 Å². The van der Waals surface area contributed by atoms with E-state index >= 15 is 0 Å². The Morgan fingerprint density at radius 3 is 2.46 bits per heavy atom. The third kappa shape index (κ3) is 3.91. The van der Waals surface area contributed by atoms with Crippen LogP contribution in [-0.4, -0.2) is 12.5 Å². The van der Waals surface area contributed by atoms with Crippen LogP contribution >= 0.6 is 0 Å². The monoisotopic (exact) mass is 328 g/mol. The Morgan fingerprint density at radius 2 is 1.88 bits per heavy atom. The number of benzene rings is 1. The van der Waals surface area contributed by atoms with E-state index in [0.29, 0.717) is 12.5 Å². The van der Waals surface area contributed by atoms with Crippen LogP contribution in [0.15, 0.2) is 46.4 Å². The fourth-order valence-corrected chi connectivity index (χ4v) is 2.48. The van der Waals surface area contributed by atoms with Crippen LogP contribution in [0.1, 0.15) is 38.8 Å². The molecule has 1 amide bonds. The van der Waals surface area contributed by atoms with Gasteiger partial charge in [0, 0.05) is 17.7 Å². The molecule has 24 heavy (non-hydrogen) atoms. The summed E-state index contributed by atoms with van der Waals surface area (Å²) in [5.74, 6) is 0.427. The minimum absolute atomic E-state index is 0.0121. The van der Waals surface area contributed by atoms with Crippen molar-refractivity contribution in [3.8, 4) is 11.1 Å². The van der Waals surface area contributed by atoms with Crippen LogP contribution in [0.2, 0.25) is 0 Å². The van der Waals surface area contributed by atoms with E-state index in [9.17, 15) is 9.70 Å². The van der Waals surface area contributed by atoms with E-state index < -0.39 is 5.41 Å². The molecule has 0 unspecified atom stereocenters. The van der Waals surface area contributed by atoms with E-state index in [4.69, 9.17) is 4.42 Å². The Morgan fingerprint density at radius 1 is 1.21 bits per heavy atom. The normalized spacial score (nSPS) is 11.5. The second-order valence-corrected chi connectivity index (χ2v) is 6.90. The Hall–Kier alpha value is -2.43. The Balaban J connectivity index is 2.20. The van der Waals surface area contributed by atoms with E-state index in [1.165, 1.54) is 6.26 Å². The fraction of sp³-hybridized carbons (Fsp3) is 0.421. The summed E-state index contributed by atoms with van der Waals surface area (Å²) < 4.78 is 5.18. The summed E-state index contributed by atoms with van der Waals surface area (Å²) >= 11 is 0. The number of furan rings is 1. The number of carbonyl (C=O) groups is 1. The lowest BCUT2D eigenvalue weighted by Crippen LogP contribution is -2.41. The van der Waals surface area contributed by atoms with Crippen molar-refractivity contribution in [2.75, 3.05) is 6.54 Å². The highest BCUT2D eigenvalue weighted by molar-refractivity contribution is 5.87. The van der Waals surface area contributed by atoms with Gasteiger partial charge in [-0.1, -0.05) is 43.3 Å². The summed E-state index contributed by atoms with van der Waals surface area (Å²) in [6.45, 7) is 8.71. The minimum atomic E-state index is -0.614. The van der Waals surface area contributed by atoms with Crippen molar-refractivity contribution >= 4 is 5.91 Å². The number of rotatable bonds is 7. The number of amides is 1. The third-order valence-electron chi connectivity index (χ3n) is 4.13. The minimum Gasteiger partial charge on any atom is -0.472 e. The van der Waals surface area contributed by atoms with Crippen LogP contribution < -0.4 is 5.32 Å². The molecule has 0 aliphatic heterocycles. The van der Waals surface area contributed by atoms with Gasteiger partial charge < -0.3 is 9.73 Å². The molecule has 0 spiro atoms. The van der Waals surface area contributed by atoms with Crippen LogP contribution in [0.25, 0.3) is 11.1 Å². The van der Waals surface area contributed by atoms with Gasteiger partial charge in [0.1, 0.15) is 6.54 Å². The standard InChI is InChI=1S/C19H24N2O3/c1-13(2)9-20-18(22)19(3,4)16-7-5-14(6-8-16)17-12-24-11-15(17)10-21-23/h5-8,11-13H,9-10H2,1-4H3,(H,20,22). The van der Waals surface area contributed by atoms with E-state index in [-0.39, 0.29) is 12.5 Å². The second kappa shape index (κ2) is 7.43. The predicted octanol–water partition coefficient (Wildman–Crippen LogP) is 4.26. The molecule has 5 heteroatoms. The van der Waals surface area contributed by atoms with Crippen molar-refractivity contribution in [3.05, 3.63) is 52.8 Å². The molecule has 5 nitrogen and oxygen atoms in total. The molecule has 0 saturated carbocycles. The van der Waals surface area contributed by atoms with Gasteiger partial charge in [-0.15, -0.1) is 0 Å². The van der Waals surface area contributed by atoms with Crippen molar-refractivity contribution < 1.29 is 9.21 Å². The zero-order valence-corrected chi connectivity index (χ0v) is 14.6. The number of nitroso groups, excluding NO2 is 1. The molecular formula is C19H24N2O3. The summed E-state index contributed by atoms with van der Waals surface area (Å²) in [6.07, 6.45) is 3.14. The van der Waals surface area contributed by atoms with Gasteiger partial charge in [0.25, 0.3) is 0 Å². The average Bonchev–Trinajstić information content (AvgIpc) is 3.01. The van der Waals surface area contributed by atoms with E-state index in [2.05, 4.69) is 24.3 Å². The zero-order chi connectivity index (χ0) is 17.7. The first-order valence-corrected chi connectivity index (χ1v) is 8.09. The van der Waals surface area contributed by atoms with Crippen LogP contribution in [-0.2, 0) is 16.8 Å². The second-order valence-electron chi connectivity index (χ2n) is 6.90. The predicted molar refractivity (Wildman–Crippen MR) is 94.5 cm³/mol. The fourth-order valence-electron chi connectivity index (χ4n) is 2.48. The van der Waals surface area contributed by atoms with Gasteiger partial charge in [0.15, 0.2) is 0 Å². The van der Waals surface area contributed by atoms with Crippen LogP contribution in [0.4, 0.5) is 0 Å². The number of carbonyl (C=O) groups excluding carboxylic acids is 1. The SMILES string of the molecule is CC(C)CNC(=O)C(C)(C)c1ccc(-c2cocc2CN=O)cc1. The van der Waals surface area contributed by atoms with Gasteiger partial charge in [-0.2, -0.15) is 4.91 Å². The highest BCUT2D eigenvalue weighted by Crippen LogP contribution is 2.29. The van der Waals surface area contributed by atoms with Crippen molar-refractivity contribution in [2.45, 2.75) is 39.7 Å². The van der Waals surface area contributed by atoms with Crippen molar-refractivity contribution in [1.29, 1.82) is 0 Å². The number of nitrogens with one attached hydrogen (secondary N) is 1. The average molecular weight is 328 g/mol. The third-order valence-corrected chi connectivity index (χ3v) is 4.13. The molecule has 0 atom stereocenters. The lowest BCUT2D eigenvalue weighted by atomic mass is 9.83. The molecule has 128 valence electrons. The molecule has 0 saturated heterocycles. The number of hydrogen-bond donors (Lipinski definition) is 1. The van der Waals surface area contributed by atoms with Crippen molar-refractivity contribution in [1.82, 2.24) is 5.32 Å². The largest absolute Gasteiger partial charge is 0.472 e. The lowest BCUT2D eigenvalue weighted by molar-refractivity contribution is -0.125. The van der Waals surface area contributed by atoms with Gasteiger partial charge >= 0.3 is 0 Å². The Kier molecular flexibility index (Phi) is 5.54. The smallest absolute Gasteiger partial charge is 0.230 e. The van der Waals surface area contributed by atoms with Gasteiger partial charge in [-0.25, -0.2) is 0 Å². The zero-order valence-electron chi connectivity index (χ0n) is 14.6. The molecule has 1 heterocycles. The van der Waals surface area contributed by atoms with Gasteiger partial charge in [-0.3, -0.25) is 4.79 Å². The first kappa shape index (κ1) is 17.9. The highest BCUT2D eigenvalue weighted by Gasteiger charge is 2.29. The molecule has 0 fully saturated rings. The summed E-state index contributed by atoms with van der Waals surface area (Å²) in [4.78, 5) is 22.9. The number of hydrogen-bond acceptors (Lipinski definition) is 4. The maximum absolute atomic E-state index is 12.4. The molecule has 1 aromatic carbocycles. The topological polar surface area (TPSA) is 71.7 Å². The summed E-state index contributed by atoms with van der Waals surface area (Å²) in [5.41, 5.74) is 2.86. The Bertz CT molecular complexity index is 700. The van der Waals surface area contributed by atoms with Crippen LogP contribution in [0, 0.1) is 10.8 Å². The van der Waals surface area contributed by atoms with Gasteiger partial charge in [-0.05, 0) is 30.9 Å². The molecule has 0 bridgehead atoms. The van der Waals surface area contributed by atoms with Gasteiger partial charge in [0.05, 0.1) is 17.9 Å². The molecule has 0 radical (unpaired) electrons. The first-order chi connectivity index (χ1) is 11.4. The highest BCUT2D eigenvalue weighted by atomic mass is 16.3. The molecule has 1 N–H and O–H groups in total. The van der Waals surface area contributed by atoms with Crippen molar-refractivity contribution in [2.24, 2.45) is 11.1 Å². The molecule has 0 aliphatic rings. The van der Waals surface area contributed by atoms with Gasteiger partial charge in [0.2, 0.25) is 5.91 Å². The molecule has 0 aliphatic carbocycles. The lowest BCUT2D eigenvalue weighted by Gasteiger charge is -2.25. The van der Waals surface area contributed by atoms with E-state index in [0.717, 1.165) is 22.3 Å². The summed E-state index contributed by atoms with van der Waals surface area (Å²) in [5, 5.41) is 5.90. The van der Waals surface area contributed by atoms with Crippen LogP contribution in [0.5, 0.6) is 0 Å². The quantitative estimate of drug-likeness (QED) is 0.772. The maximum atomic E-state index is 12.4. The molecular weight excluding hydrogens is 304 g/mol. The maximum Gasteiger partial charge on any atom is 0.230 e. The van der Waals surface area contributed by atoms with E-state index in [1.807, 2.05) is 38.1 Å².